The maximum atomic E-state index is 12.1. The molecule has 2 rings (SSSR count). The van der Waals surface area contributed by atoms with E-state index in [9.17, 15) is 9.59 Å². The second-order valence-electron chi connectivity index (χ2n) is 5.43. The Kier molecular flexibility index (Phi) is 5.77. The van der Waals surface area contributed by atoms with Crippen LogP contribution < -0.4 is 11.0 Å². The predicted octanol–water partition coefficient (Wildman–Crippen LogP) is 1.72. The quantitative estimate of drug-likeness (QED) is 0.911. The van der Waals surface area contributed by atoms with Crippen LogP contribution in [0.4, 0.5) is 0 Å². The number of hydrogen-bond acceptors (Lipinski definition) is 3. The molecule has 5 nitrogen and oxygen atoms in total. The van der Waals surface area contributed by atoms with Crippen molar-refractivity contribution in [1.29, 1.82) is 0 Å². The highest BCUT2D eigenvalue weighted by molar-refractivity contribution is 5.78. The van der Waals surface area contributed by atoms with Gasteiger partial charge in [-0.3, -0.25) is 9.36 Å². The summed E-state index contributed by atoms with van der Waals surface area (Å²) < 4.78 is 1.51. The van der Waals surface area contributed by atoms with E-state index in [1.807, 2.05) is 0 Å². The molecule has 0 saturated heterocycles. The van der Waals surface area contributed by atoms with Crippen LogP contribution in [0.1, 0.15) is 44.9 Å². The molecule has 0 radical (unpaired) electrons. The van der Waals surface area contributed by atoms with Gasteiger partial charge in [-0.2, -0.15) is 0 Å². The van der Waals surface area contributed by atoms with E-state index in [-0.39, 0.29) is 17.5 Å². The molecule has 0 aromatic carbocycles. The normalized spacial score (nSPS) is 17.2. The Labute approximate surface area is 119 Å². The van der Waals surface area contributed by atoms with E-state index in [1.165, 1.54) is 30.0 Å². The van der Waals surface area contributed by atoms with Crippen LogP contribution in [0.15, 0.2) is 23.3 Å². The lowest BCUT2D eigenvalue weighted by Crippen LogP contribution is -2.35. The van der Waals surface area contributed by atoms with Gasteiger partial charge in [0.05, 0.1) is 0 Å². The van der Waals surface area contributed by atoms with E-state index in [4.69, 9.17) is 0 Å². The molecule has 1 aromatic rings. The Bertz CT molecular complexity index is 476. The summed E-state index contributed by atoms with van der Waals surface area (Å²) >= 11 is 0. The molecule has 1 heterocycles. The molecule has 0 atom stereocenters. The van der Waals surface area contributed by atoms with E-state index in [2.05, 4.69) is 10.3 Å². The van der Waals surface area contributed by atoms with Crippen molar-refractivity contribution >= 4 is 5.91 Å². The van der Waals surface area contributed by atoms with Gasteiger partial charge >= 0.3 is 5.69 Å². The average Bonchev–Trinajstić information content (AvgIpc) is 2.40. The van der Waals surface area contributed by atoms with E-state index in [1.54, 1.807) is 12.3 Å². The highest BCUT2D eigenvalue weighted by Crippen LogP contribution is 2.22. The highest BCUT2D eigenvalue weighted by Gasteiger charge is 2.18. The zero-order valence-corrected chi connectivity index (χ0v) is 11.9. The zero-order chi connectivity index (χ0) is 14.2. The van der Waals surface area contributed by atoms with Crippen LogP contribution in [-0.2, 0) is 11.3 Å². The van der Waals surface area contributed by atoms with Crippen molar-refractivity contribution in [2.24, 2.45) is 5.92 Å². The molecule has 1 aliphatic carbocycles. The fraction of sp³-hybridized carbons (Fsp3) is 0.667. The van der Waals surface area contributed by atoms with Crippen molar-refractivity contribution < 1.29 is 4.79 Å². The first-order valence-corrected chi connectivity index (χ1v) is 7.56. The van der Waals surface area contributed by atoms with Crippen molar-refractivity contribution in [2.75, 3.05) is 6.54 Å². The summed E-state index contributed by atoms with van der Waals surface area (Å²) in [4.78, 5) is 27.2. The van der Waals surface area contributed by atoms with Crippen molar-refractivity contribution in [1.82, 2.24) is 14.9 Å². The molecule has 5 heteroatoms. The molecule has 20 heavy (non-hydrogen) atoms. The Morgan fingerprint density at radius 3 is 2.65 bits per heavy atom. The maximum Gasteiger partial charge on any atom is 0.347 e. The highest BCUT2D eigenvalue weighted by atomic mass is 16.2. The first-order valence-electron chi connectivity index (χ1n) is 7.56. The second-order valence-corrected chi connectivity index (χ2v) is 5.43. The number of carbonyl (C=O) groups is 1. The SMILES string of the molecule is O=C(NCCn1cccnc1=O)C1CCCCCCC1. The van der Waals surface area contributed by atoms with Crippen LogP contribution in [0.5, 0.6) is 0 Å². The summed E-state index contributed by atoms with van der Waals surface area (Å²) in [7, 11) is 0. The van der Waals surface area contributed by atoms with Crippen molar-refractivity contribution in [3.63, 3.8) is 0 Å². The largest absolute Gasteiger partial charge is 0.354 e. The van der Waals surface area contributed by atoms with Crippen molar-refractivity contribution in [2.45, 2.75) is 51.5 Å². The topological polar surface area (TPSA) is 64.0 Å². The number of carbonyl (C=O) groups excluding carboxylic acids is 1. The lowest BCUT2D eigenvalue weighted by molar-refractivity contribution is -0.125. The molecular formula is C15H23N3O2. The van der Waals surface area contributed by atoms with Gasteiger partial charge < -0.3 is 5.32 Å². The summed E-state index contributed by atoms with van der Waals surface area (Å²) in [6.07, 6.45) is 11.3. The van der Waals surface area contributed by atoms with Gasteiger partial charge in [0.1, 0.15) is 0 Å². The zero-order valence-electron chi connectivity index (χ0n) is 11.9. The van der Waals surface area contributed by atoms with Gasteiger partial charge in [-0.15, -0.1) is 0 Å². The molecule has 110 valence electrons. The van der Waals surface area contributed by atoms with Crippen LogP contribution in [0.3, 0.4) is 0 Å². The van der Waals surface area contributed by atoms with Gasteiger partial charge in [0.15, 0.2) is 0 Å². The molecule has 0 aliphatic heterocycles. The van der Waals surface area contributed by atoms with Crippen LogP contribution in [0.25, 0.3) is 0 Å². The third-order valence-electron chi connectivity index (χ3n) is 3.91. The van der Waals surface area contributed by atoms with Crippen LogP contribution in [-0.4, -0.2) is 22.0 Å². The fourth-order valence-electron chi connectivity index (χ4n) is 2.72. The Hall–Kier alpha value is -1.65. The summed E-state index contributed by atoms with van der Waals surface area (Å²) in [5, 5.41) is 2.95. The number of nitrogens with zero attached hydrogens (tertiary/aromatic N) is 2. The standard InChI is InChI=1S/C15H23N3O2/c19-14(13-7-4-2-1-3-5-8-13)16-10-12-18-11-6-9-17-15(18)20/h6,9,11,13H,1-5,7-8,10,12H2,(H,16,19). The molecule has 1 saturated carbocycles. The minimum atomic E-state index is -0.271. The number of amides is 1. The van der Waals surface area contributed by atoms with Gasteiger partial charge in [0, 0.05) is 31.4 Å². The Morgan fingerprint density at radius 1 is 1.25 bits per heavy atom. The van der Waals surface area contributed by atoms with Crippen LogP contribution in [0, 0.1) is 5.92 Å². The van der Waals surface area contributed by atoms with Crippen molar-refractivity contribution in [3.8, 4) is 0 Å². The summed E-state index contributed by atoms with van der Waals surface area (Å²) in [6.45, 7) is 0.964. The van der Waals surface area contributed by atoms with Gasteiger partial charge in [-0.05, 0) is 18.9 Å². The molecule has 1 amide bonds. The fourth-order valence-corrected chi connectivity index (χ4v) is 2.72. The van der Waals surface area contributed by atoms with E-state index in [0.717, 1.165) is 25.7 Å². The Morgan fingerprint density at radius 2 is 1.95 bits per heavy atom. The second kappa shape index (κ2) is 7.82. The molecule has 1 fully saturated rings. The van der Waals surface area contributed by atoms with Gasteiger partial charge in [-0.25, -0.2) is 9.78 Å². The molecule has 1 aliphatic rings. The van der Waals surface area contributed by atoms with E-state index >= 15 is 0 Å². The lowest BCUT2D eigenvalue weighted by Gasteiger charge is -2.19. The maximum absolute atomic E-state index is 12.1. The molecular weight excluding hydrogens is 254 g/mol. The first kappa shape index (κ1) is 14.8. The third kappa shape index (κ3) is 4.47. The number of nitrogens with one attached hydrogen (secondary N) is 1. The average molecular weight is 277 g/mol. The first-order chi connectivity index (χ1) is 9.77. The lowest BCUT2D eigenvalue weighted by atomic mass is 9.90. The summed E-state index contributed by atoms with van der Waals surface area (Å²) in [5.74, 6) is 0.296. The monoisotopic (exact) mass is 277 g/mol. The number of rotatable bonds is 4. The molecule has 0 spiro atoms. The van der Waals surface area contributed by atoms with Gasteiger partial charge in [0.25, 0.3) is 0 Å². The van der Waals surface area contributed by atoms with E-state index < -0.39 is 0 Å². The number of hydrogen-bond donors (Lipinski definition) is 1. The van der Waals surface area contributed by atoms with Crippen LogP contribution >= 0.6 is 0 Å². The van der Waals surface area contributed by atoms with E-state index in [0.29, 0.717) is 13.1 Å². The minimum absolute atomic E-state index is 0.142. The number of aromatic nitrogens is 2. The molecule has 1 aromatic heterocycles. The van der Waals surface area contributed by atoms with Gasteiger partial charge in [-0.1, -0.05) is 32.1 Å². The van der Waals surface area contributed by atoms with Crippen LogP contribution in [0.2, 0.25) is 0 Å². The van der Waals surface area contributed by atoms with Gasteiger partial charge in [0.2, 0.25) is 5.91 Å². The summed E-state index contributed by atoms with van der Waals surface area (Å²) in [5.41, 5.74) is -0.271. The predicted molar refractivity (Wildman–Crippen MR) is 77.3 cm³/mol. The van der Waals surface area contributed by atoms with Crippen molar-refractivity contribution in [3.05, 3.63) is 28.9 Å². The summed E-state index contributed by atoms with van der Waals surface area (Å²) in [6, 6.07) is 1.72. The third-order valence-corrected chi connectivity index (χ3v) is 3.91. The Balaban J connectivity index is 1.76. The minimum Gasteiger partial charge on any atom is -0.354 e. The molecule has 1 N–H and O–H groups in total. The molecule has 0 bridgehead atoms. The smallest absolute Gasteiger partial charge is 0.347 e. The molecule has 0 unspecified atom stereocenters.